The zero-order valence-corrected chi connectivity index (χ0v) is 31.3. The topological polar surface area (TPSA) is 136 Å². The second-order valence-corrected chi connectivity index (χ2v) is 17.8. The van der Waals surface area contributed by atoms with Crippen LogP contribution in [-0.2, 0) is 19.1 Å². The fourth-order valence-electron chi connectivity index (χ4n) is 9.84. The Morgan fingerprint density at radius 2 is 1.38 bits per heavy atom. The summed E-state index contributed by atoms with van der Waals surface area (Å²) in [6, 6.07) is 0. The van der Waals surface area contributed by atoms with Gasteiger partial charge in [-0.3, -0.25) is 19.2 Å². The molecule has 2 aliphatic carbocycles. The lowest BCUT2D eigenvalue weighted by atomic mass is 9.48. The van der Waals surface area contributed by atoms with Crippen molar-refractivity contribution in [2.24, 2.45) is 39.4 Å². The number of hydrogen-bond donors (Lipinski definition) is 2. The molecule has 0 spiro atoms. The van der Waals surface area contributed by atoms with E-state index in [0.29, 0.717) is 23.1 Å². The number of Topliss-reactive ketones (excluding diaryl/α,β-unsaturated/α-hetero) is 4. The predicted molar refractivity (Wildman–Crippen MR) is 180 cm³/mol. The van der Waals surface area contributed by atoms with Gasteiger partial charge in [-0.15, -0.1) is 0 Å². The molecule has 9 heteroatoms. The van der Waals surface area contributed by atoms with Crippen molar-refractivity contribution in [2.75, 3.05) is 7.11 Å². The molecule has 0 radical (unpaired) electrons. The Kier molecular flexibility index (Phi) is 7.92. The largest absolute Gasteiger partial charge is 0.507 e. The van der Waals surface area contributed by atoms with Crippen molar-refractivity contribution in [1.82, 2.24) is 0 Å². The number of phenolic OH excluding ortho intramolecular Hbond substituents is 1. The van der Waals surface area contributed by atoms with E-state index < -0.39 is 50.8 Å². The molecule has 2 N–H and O–H groups in total. The average molecular weight is 667 g/mol. The summed E-state index contributed by atoms with van der Waals surface area (Å²) < 4.78 is 20.4. The first-order chi connectivity index (χ1) is 21.8. The molecule has 1 aromatic carbocycles. The zero-order valence-electron chi connectivity index (χ0n) is 31.3. The SMILES string of the molecule is CC(C)C(=O)c1c2c(c(O)c3c1O[C@]14OC(C)(C)C[C@@H]1[C@H]3C(C)(C)C(=O)C4(C)C)[C@@H](C(C)C)C1=C(O2)C(C)(C)C(=O)C(C)(C)C1=O.CO. The Labute approximate surface area is 284 Å². The summed E-state index contributed by atoms with van der Waals surface area (Å²) in [6.45, 7) is 25.8. The third-order valence-electron chi connectivity index (χ3n) is 11.9. The van der Waals surface area contributed by atoms with E-state index >= 15 is 0 Å². The highest BCUT2D eigenvalue weighted by Crippen LogP contribution is 2.72. The number of rotatable bonds is 3. The van der Waals surface area contributed by atoms with Crippen LogP contribution in [0.1, 0.15) is 137 Å². The lowest BCUT2D eigenvalue weighted by Crippen LogP contribution is -2.69. The monoisotopic (exact) mass is 666 g/mol. The minimum Gasteiger partial charge on any atom is -0.507 e. The van der Waals surface area contributed by atoms with Crippen LogP contribution in [0.25, 0.3) is 0 Å². The third-order valence-corrected chi connectivity index (χ3v) is 11.9. The van der Waals surface area contributed by atoms with Crippen LogP contribution in [0, 0.1) is 39.4 Å². The van der Waals surface area contributed by atoms with E-state index in [9.17, 15) is 24.3 Å². The van der Waals surface area contributed by atoms with Gasteiger partial charge in [-0.25, -0.2) is 0 Å². The molecule has 6 rings (SSSR count). The van der Waals surface area contributed by atoms with Crippen molar-refractivity contribution < 1.29 is 43.6 Å². The molecule has 5 aliphatic rings. The van der Waals surface area contributed by atoms with E-state index in [1.807, 2.05) is 55.4 Å². The highest BCUT2D eigenvalue weighted by Gasteiger charge is 2.76. The molecule has 4 atom stereocenters. The number of aliphatic hydroxyl groups excluding tert-OH is 1. The molecule has 0 amide bonds. The van der Waals surface area contributed by atoms with Gasteiger partial charge in [0.1, 0.15) is 28.6 Å². The molecule has 48 heavy (non-hydrogen) atoms. The Morgan fingerprint density at radius 1 is 0.812 bits per heavy atom. The fraction of sp³-hybridized carbons (Fsp3) is 0.692. The van der Waals surface area contributed by atoms with Crippen molar-refractivity contribution in [1.29, 1.82) is 0 Å². The van der Waals surface area contributed by atoms with E-state index in [1.54, 1.807) is 41.5 Å². The summed E-state index contributed by atoms with van der Waals surface area (Å²) in [5, 5.41) is 19.6. The Hall–Kier alpha value is -3.04. The number of fused-ring (bicyclic) bond motifs is 3. The van der Waals surface area contributed by atoms with Crippen molar-refractivity contribution >= 4 is 23.1 Å². The number of benzene rings is 1. The van der Waals surface area contributed by atoms with Crippen LogP contribution in [0.5, 0.6) is 17.2 Å². The normalized spacial score (nSPS) is 31.1. The third kappa shape index (κ3) is 4.21. The second-order valence-electron chi connectivity index (χ2n) is 17.8. The van der Waals surface area contributed by atoms with E-state index in [1.165, 1.54) is 0 Å². The second kappa shape index (κ2) is 10.5. The Morgan fingerprint density at radius 3 is 1.90 bits per heavy atom. The Bertz CT molecular complexity index is 1680. The number of carbonyl (C=O) groups is 4. The van der Waals surface area contributed by atoms with Crippen LogP contribution in [0.3, 0.4) is 0 Å². The van der Waals surface area contributed by atoms with Gasteiger partial charge in [0, 0.05) is 52.9 Å². The molecular formula is C39H54O9. The number of allylic oxidation sites excluding steroid dienone is 2. The summed E-state index contributed by atoms with van der Waals surface area (Å²) in [5.41, 5.74) is -3.96. The van der Waals surface area contributed by atoms with E-state index in [2.05, 4.69) is 0 Å². The van der Waals surface area contributed by atoms with E-state index in [-0.39, 0.29) is 63.5 Å². The first-order valence-corrected chi connectivity index (χ1v) is 17.2. The van der Waals surface area contributed by atoms with Crippen LogP contribution in [-0.4, -0.2) is 51.8 Å². The fourth-order valence-corrected chi connectivity index (χ4v) is 9.84. The molecule has 0 unspecified atom stereocenters. The van der Waals surface area contributed by atoms with E-state index in [4.69, 9.17) is 19.3 Å². The maximum absolute atomic E-state index is 14.5. The predicted octanol–water partition coefficient (Wildman–Crippen LogP) is 7.05. The molecule has 264 valence electrons. The quantitative estimate of drug-likeness (QED) is 0.257. The van der Waals surface area contributed by atoms with Crippen molar-refractivity contribution in [2.45, 2.75) is 127 Å². The van der Waals surface area contributed by atoms with Gasteiger partial charge in [0.2, 0.25) is 5.79 Å². The van der Waals surface area contributed by atoms with Gasteiger partial charge in [-0.2, -0.15) is 0 Å². The maximum atomic E-state index is 14.5. The standard InChI is InChI=1S/C38H50O8.CH4O/c1-16(2)19-20-26(40)22-24-18-15-33(5,6)46-38(18,37(13,14)32(43)34(24,7)8)45-28(22)23(25(39)17(3)4)27(20)44-30-21(19)29(41)35(9,10)31(42)36(30,11)12;1-2/h16-19,24,40H,15H2,1-14H3;2H,1H3/t18-,19-,24-,38+;/m1./s1. The Balaban J connectivity index is 0.00000221. The summed E-state index contributed by atoms with van der Waals surface area (Å²) in [4.78, 5) is 56.9. The van der Waals surface area contributed by atoms with Gasteiger partial charge in [0.05, 0.1) is 21.8 Å². The lowest BCUT2D eigenvalue weighted by Gasteiger charge is -2.60. The highest BCUT2D eigenvalue weighted by molar-refractivity contribution is 6.20. The molecule has 1 aromatic rings. The molecular weight excluding hydrogens is 612 g/mol. The van der Waals surface area contributed by atoms with Gasteiger partial charge in [0.15, 0.2) is 23.1 Å². The van der Waals surface area contributed by atoms with Gasteiger partial charge in [-0.1, -0.05) is 41.5 Å². The number of aromatic hydroxyl groups is 1. The first kappa shape index (κ1) is 36.2. The number of hydrogen-bond acceptors (Lipinski definition) is 9. The molecule has 3 aliphatic heterocycles. The van der Waals surface area contributed by atoms with Gasteiger partial charge >= 0.3 is 0 Å². The number of phenols is 1. The molecule has 3 heterocycles. The molecule has 0 aromatic heterocycles. The van der Waals surface area contributed by atoms with Gasteiger partial charge in [-0.05, 0) is 67.7 Å². The van der Waals surface area contributed by atoms with Crippen molar-refractivity contribution in [3.05, 3.63) is 28.0 Å². The van der Waals surface area contributed by atoms with Gasteiger partial charge < -0.3 is 24.4 Å². The van der Waals surface area contributed by atoms with Gasteiger partial charge in [0.25, 0.3) is 0 Å². The number of ketones is 4. The summed E-state index contributed by atoms with van der Waals surface area (Å²) >= 11 is 0. The number of ether oxygens (including phenoxy) is 3. The zero-order chi connectivity index (χ0) is 36.6. The van der Waals surface area contributed by atoms with Crippen molar-refractivity contribution in [3.63, 3.8) is 0 Å². The molecule has 1 saturated heterocycles. The summed E-state index contributed by atoms with van der Waals surface area (Å²) in [6.07, 6.45) is 0.573. The highest BCUT2D eigenvalue weighted by atomic mass is 16.7. The molecule has 2 bridgehead atoms. The molecule has 1 saturated carbocycles. The van der Waals surface area contributed by atoms with Crippen LogP contribution >= 0.6 is 0 Å². The minimum atomic E-state index is -1.40. The lowest BCUT2D eigenvalue weighted by molar-refractivity contribution is -0.288. The average Bonchev–Trinajstić information content (AvgIpc) is 3.28. The number of aliphatic hydroxyl groups is 1. The summed E-state index contributed by atoms with van der Waals surface area (Å²) in [5.74, 6) is -4.21. The molecule has 2 fully saturated rings. The van der Waals surface area contributed by atoms with Crippen LogP contribution in [0.4, 0.5) is 0 Å². The molecule has 9 nitrogen and oxygen atoms in total. The van der Waals surface area contributed by atoms with Crippen LogP contribution in [0.2, 0.25) is 0 Å². The summed E-state index contributed by atoms with van der Waals surface area (Å²) in [7, 11) is 1.00. The minimum absolute atomic E-state index is 0.0513. The van der Waals surface area contributed by atoms with Crippen LogP contribution in [0.15, 0.2) is 11.3 Å². The van der Waals surface area contributed by atoms with E-state index in [0.717, 1.165) is 7.11 Å². The number of carbonyl (C=O) groups excluding carboxylic acids is 4. The smallest absolute Gasteiger partial charge is 0.226 e. The first-order valence-electron chi connectivity index (χ1n) is 17.2. The van der Waals surface area contributed by atoms with Crippen molar-refractivity contribution in [3.8, 4) is 17.2 Å². The maximum Gasteiger partial charge on any atom is 0.226 e. The van der Waals surface area contributed by atoms with Crippen LogP contribution < -0.4 is 9.47 Å².